The van der Waals surface area contributed by atoms with E-state index in [0.717, 1.165) is 38.8 Å². The lowest BCUT2D eigenvalue weighted by Gasteiger charge is -2.32. The van der Waals surface area contributed by atoms with Crippen molar-refractivity contribution in [2.45, 2.75) is 57.6 Å². The number of carbonyl (C=O) groups is 1. The lowest BCUT2D eigenvalue weighted by atomic mass is 9.88. The molecule has 2 aliphatic rings. The Morgan fingerprint density at radius 3 is 2.28 bits per heavy atom. The number of alkyl carbamates (subject to hydrolysis) is 1. The summed E-state index contributed by atoms with van der Waals surface area (Å²) in [6, 6.07) is 0. The number of ether oxygens (including phenoxy) is 1. The van der Waals surface area contributed by atoms with Gasteiger partial charge in [0.25, 0.3) is 0 Å². The highest BCUT2D eigenvalue weighted by Gasteiger charge is 2.50. The Bertz CT molecular complexity index is 292. The Balaban J connectivity index is 0.00000162. The number of amides is 1. The smallest absolute Gasteiger partial charge is 0.408 e. The van der Waals surface area contributed by atoms with E-state index in [0.29, 0.717) is 5.92 Å². The molecule has 0 aromatic carbocycles. The molecular formula is C13H25ClN2O2. The molecule has 106 valence electrons. The molecule has 1 saturated carbocycles. The fraction of sp³-hybridized carbons (Fsp3) is 0.923. The van der Waals surface area contributed by atoms with Crippen LogP contribution < -0.4 is 10.6 Å². The van der Waals surface area contributed by atoms with E-state index in [9.17, 15) is 4.79 Å². The third kappa shape index (κ3) is 4.02. The van der Waals surface area contributed by atoms with Gasteiger partial charge in [0.1, 0.15) is 5.60 Å². The summed E-state index contributed by atoms with van der Waals surface area (Å²) in [5.41, 5.74) is -0.362. The van der Waals surface area contributed by atoms with Crippen molar-refractivity contribution in [2.75, 3.05) is 13.1 Å². The van der Waals surface area contributed by atoms with Crippen molar-refractivity contribution in [3.8, 4) is 0 Å². The van der Waals surface area contributed by atoms with Gasteiger partial charge in [-0.15, -0.1) is 12.4 Å². The summed E-state index contributed by atoms with van der Waals surface area (Å²) < 4.78 is 5.34. The third-order valence-electron chi connectivity index (χ3n) is 3.66. The van der Waals surface area contributed by atoms with Crippen LogP contribution in [-0.2, 0) is 4.74 Å². The van der Waals surface area contributed by atoms with Gasteiger partial charge in [0, 0.05) is 5.54 Å². The summed E-state index contributed by atoms with van der Waals surface area (Å²) in [7, 11) is 0. The molecule has 1 amide bonds. The van der Waals surface area contributed by atoms with Gasteiger partial charge in [-0.25, -0.2) is 4.79 Å². The van der Waals surface area contributed by atoms with Gasteiger partial charge in [-0.05, 0) is 65.5 Å². The Morgan fingerprint density at radius 2 is 1.83 bits per heavy atom. The van der Waals surface area contributed by atoms with Crippen LogP contribution in [0, 0.1) is 5.92 Å². The van der Waals surface area contributed by atoms with Crippen molar-refractivity contribution < 1.29 is 9.53 Å². The largest absolute Gasteiger partial charge is 0.444 e. The monoisotopic (exact) mass is 276 g/mol. The van der Waals surface area contributed by atoms with E-state index in [4.69, 9.17) is 4.74 Å². The molecule has 0 aromatic heterocycles. The molecule has 1 aliphatic heterocycles. The summed E-state index contributed by atoms with van der Waals surface area (Å²) in [5.74, 6) is 0.622. The Kier molecular flexibility index (Phi) is 4.90. The molecule has 1 saturated heterocycles. The van der Waals surface area contributed by atoms with Crippen LogP contribution in [-0.4, -0.2) is 30.3 Å². The maximum absolute atomic E-state index is 11.8. The van der Waals surface area contributed by atoms with Crippen molar-refractivity contribution in [3.63, 3.8) is 0 Å². The van der Waals surface area contributed by atoms with Crippen molar-refractivity contribution in [2.24, 2.45) is 5.92 Å². The zero-order valence-corrected chi connectivity index (χ0v) is 12.4. The summed E-state index contributed by atoms with van der Waals surface area (Å²) in [6.45, 7) is 7.84. The van der Waals surface area contributed by atoms with Crippen molar-refractivity contribution in [3.05, 3.63) is 0 Å². The topological polar surface area (TPSA) is 50.4 Å². The SMILES string of the molecule is CC(C)(C)OC(=O)NC1(C2CCNCC2)CC1.Cl. The summed E-state index contributed by atoms with van der Waals surface area (Å²) in [6.07, 6.45) is 4.29. The minimum absolute atomic E-state index is 0. The summed E-state index contributed by atoms with van der Waals surface area (Å²) in [5, 5.41) is 6.47. The first-order chi connectivity index (χ1) is 7.91. The first-order valence-electron chi connectivity index (χ1n) is 6.63. The quantitative estimate of drug-likeness (QED) is 0.815. The second kappa shape index (κ2) is 5.66. The van der Waals surface area contributed by atoms with Gasteiger partial charge in [0.2, 0.25) is 0 Å². The summed E-state index contributed by atoms with van der Waals surface area (Å²) in [4.78, 5) is 11.8. The summed E-state index contributed by atoms with van der Waals surface area (Å²) >= 11 is 0. The molecule has 2 fully saturated rings. The maximum atomic E-state index is 11.8. The molecule has 0 atom stereocenters. The average Bonchev–Trinajstić information content (AvgIpc) is 2.97. The van der Waals surface area contributed by atoms with E-state index in [1.807, 2.05) is 20.8 Å². The van der Waals surface area contributed by atoms with Gasteiger partial charge in [-0.1, -0.05) is 0 Å². The number of piperidine rings is 1. The van der Waals surface area contributed by atoms with Crippen molar-refractivity contribution in [1.29, 1.82) is 0 Å². The van der Waals surface area contributed by atoms with Crippen LogP contribution in [0.2, 0.25) is 0 Å². The third-order valence-corrected chi connectivity index (χ3v) is 3.66. The molecule has 2 rings (SSSR count). The highest BCUT2D eigenvalue weighted by Crippen LogP contribution is 2.46. The lowest BCUT2D eigenvalue weighted by molar-refractivity contribution is 0.0465. The van der Waals surface area contributed by atoms with Crippen LogP contribution in [0.5, 0.6) is 0 Å². The fourth-order valence-electron chi connectivity index (χ4n) is 2.65. The minimum Gasteiger partial charge on any atom is -0.444 e. The second-order valence-corrected chi connectivity index (χ2v) is 6.31. The molecule has 5 heteroatoms. The van der Waals surface area contributed by atoms with Crippen LogP contribution in [0.3, 0.4) is 0 Å². The first kappa shape index (κ1) is 15.6. The van der Waals surface area contributed by atoms with Gasteiger partial charge in [-0.2, -0.15) is 0 Å². The number of halogens is 1. The Hall–Kier alpha value is -0.480. The zero-order chi connectivity index (χ0) is 12.5. The molecule has 4 nitrogen and oxygen atoms in total. The van der Waals surface area contributed by atoms with Gasteiger partial charge >= 0.3 is 6.09 Å². The molecule has 0 radical (unpaired) electrons. The van der Waals surface area contributed by atoms with Crippen LogP contribution in [0.4, 0.5) is 4.79 Å². The number of rotatable bonds is 2. The maximum Gasteiger partial charge on any atom is 0.408 e. The van der Waals surface area contributed by atoms with Gasteiger partial charge in [0.05, 0.1) is 0 Å². The molecule has 0 unspecified atom stereocenters. The fourth-order valence-corrected chi connectivity index (χ4v) is 2.65. The molecule has 2 N–H and O–H groups in total. The lowest BCUT2D eigenvalue weighted by Crippen LogP contribution is -2.47. The Morgan fingerprint density at radius 1 is 1.28 bits per heavy atom. The minimum atomic E-state index is -0.408. The normalized spacial score (nSPS) is 22.8. The van der Waals surface area contributed by atoms with E-state index in [1.54, 1.807) is 0 Å². The second-order valence-electron chi connectivity index (χ2n) is 6.31. The molecule has 0 bridgehead atoms. The Labute approximate surface area is 116 Å². The van der Waals surface area contributed by atoms with Gasteiger partial charge in [-0.3, -0.25) is 0 Å². The van der Waals surface area contributed by atoms with Gasteiger partial charge < -0.3 is 15.4 Å². The predicted molar refractivity (Wildman–Crippen MR) is 74.2 cm³/mol. The molecule has 18 heavy (non-hydrogen) atoms. The van der Waals surface area contributed by atoms with Crippen molar-refractivity contribution >= 4 is 18.5 Å². The van der Waals surface area contributed by atoms with E-state index < -0.39 is 5.60 Å². The van der Waals surface area contributed by atoms with Crippen LogP contribution in [0.25, 0.3) is 0 Å². The average molecular weight is 277 g/mol. The van der Waals surface area contributed by atoms with E-state index >= 15 is 0 Å². The number of nitrogens with one attached hydrogen (secondary N) is 2. The van der Waals surface area contributed by atoms with E-state index in [2.05, 4.69) is 10.6 Å². The molecule has 0 aromatic rings. The molecule has 1 aliphatic carbocycles. The highest BCUT2D eigenvalue weighted by atomic mass is 35.5. The number of hydrogen-bond donors (Lipinski definition) is 2. The molecular weight excluding hydrogens is 252 g/mol. The first-order valence-corrected chi connectivity index (χ1v) is 6.63. The number of hydrogen-bond acceptors (Lipinski definition) is 3. The predicted octanol–water partition coefficient (Wildman–Crippen LogP) is 2.47. The van der Waals surface area contributed by atoms with Crippen LogP contribution in [0.1, 0.15) is 46.5 Å². The standard InChI is InChI=1S/C13H24N2O2.ClH/c1-12(2,3)17-11(16)15-13(6-7-13)10-4-8-14-9-5-10;/h10,14H,4-9H2,1-3H3,(H,15,16);1H. The van der Waals surface area contributed by atoms with Crippen LogP contribution in [0.15, 0.2) is 0 Å². The zero-order valence-electron chi connectivity index (χ0n) is 11.5. The van der Waals surface area contributed by atoms with Gasteiger partial charge in [0.15, 0.2) is 0 Å². The van der Waals surface area contributed by atoms with Crippen molar-refractivity contribution in [1.82, 2.24) is 10.6 Å². The number of carbonyl (C=O) groups excluding carboxylic acids is 1. The molecule has 1 heterocycles. The van der Waals surface area contributed by atoms with E-state index in [1.165, 1.54) is 0 Å². The molecule has 0 spiro atoms. The van der Waals surface area contributed by atoms with E-state index in [-0.39, 0.29) is 24.0 Å². The van der Waals surface area contributed by atoms with Crippen LogP contribution >= 0.6 is 12.4 Å². The highest BCUT2D eigenvalue weighted by molar-refractivity contribution is 5.85.